The van der Waals surface area contributed by atoms with Crippen molar-refractivity contribution in [1.82, 2.24) is 0 Å². The molecule has 0 amide bonds. The molecule has 0 spiro atoms. The van der Waals surface area contributed by atoms with Crippen molar-refractivity contribution < 1.29 is 31.8 Å². The Bertz CT molecular complexity index is 545. The molecule has 3 saturated carbocycles. The number of alkyl halides is 5. The van der Waals surface area contributed by atoms with Crippen molar-refractivity contribution in [3.8, 4) is 0 Å². The predicted octanol–water partition coefficient (Wildman–Crippen LogP) is 3.41. The molecular formula is C16H19F5O2. The van der Waals surface area contributed by atoms with Crippen LogP contribution in [0, 0.1) is 35.5 Å². The molecule has 3 fully saturated rings. The van der Waals surface area contributed by atoms with Crippen molar-refractivity contribution in [3.05, 3.63) is 12.2 Å². The average molecular weight is 338 g/mol. The van der Waals surface area contributed by atoms with Crippen LogP contribution in [0.4, 0.5) is 22.0 Å². The van der Waals surface area contributed by atoms with Crippen LogP contribution in [0.5, 0.6) is 0 Å². The fourth-order valence-electron chi connectivity index (χ4n) is 6.22. The first kappa shape index (κ1) is 15.8. The van der Waals surface area contributed by atoms with Gasteiger partial charge in [0.25, 0.3) is 0 Å². The van der Waals surface area contributed by atoms with E-state index in [0.29, 0.717) is 12.3 Å². The number of aliphatic hydroxyl groups is 1. The fourth-order valence-corrected chi connectivity index (χ4v) is 6.22. The molecule has 2 nitrogen and oxygen atoms in total. The number of allylic oxidation sites excluding steroid dienone is 2. The van der Waals surface area contributed by atoms with Crippen molar-refractivity contribution in [2.75, 3.05) is 7.11 Å². The van der Waals surface area contributed by atoms with Gasteiger partial charge in [-0.15, -0.1) is 0 Å². The van der Waals surface area contributed by atoms with Crippen molar-refractivity contribution in [2.24, 2.45) is 35.5 Å². The number of rotatable bonds is 3. The van der Waals surface area contributed by atoms with Crippen molar-refractivity contribution >= 4 is 0 Å². The Kier molecular flexibility index (Phi) is 3.08. The molecule has 0 aromatic rings. The van der Waals surface area contributed by atoms with Crippen LogP contribution in [-0.4, -0.2) is 36.0 Å². The van der Waals surface area contributed by atoms with Gasteiger partial charge in [0.15, 0.2) is 0 Å². The molecule has 4 rings (SSSR count). The number of aliphatic hydroxyl groups excluding tert-OH is 1. The highest BCUT2D eigenvalue weighted by atomic mass is 19.4. The molecule has 0 heterocycles. The summed E-state index contributed by atoms with van der Waals surface area (Å²) in [5.74, 6) is -4.25. The molecule has 0 saturated heterocycles. The number of hydrogen-bond acceptors (Lipinski definition) is 2. The second kappa shape index (κ2) is 4.48. The Morgan fingerprint density at radius 3 is 2.26 bits per heavy atom. The number of fused-ring (bicyclic) bond motifs is 9. The van der Waals surface area contributed by atoms with Crippen LogP contribution in [0.3, 0.4) is 0 Å². The molecular weight excluding hydrogens is 319 g/mol. The zero-order chi connectivity index (χ0) is 16.8. The van der Waals surface area contributed by atoms with Gasteiger partial charge in [-0.25, -0.2) is 8.78 Å². The van der Waals surface area contributed by atoms with E-state index >= 15 is 0 Å². The first-order valence-electron chi connectivity index (χ1n) is 7.99. The van der Waals surface area contributed by atoms with E-state index in [9.17, 15) is 27.1 Å². The van der Waals surface area contributed by atoms with Crippen LogP contribution < -0.4 is 0 Å². The molecule has 0 aliphatic heterocycles. The van der Waals surface area contributed by atoms with Gasteiger partial charge in [-0.1, -0.05) is 12.2 Å². The Labute approximate surface area is 130 Å². The molecule has 1 N–H and O–H groups in total. The Morgan fingerprint density at radius 2 is 1.70 bits per heavy atom. The Balaban J connectivity index is 1.71. The number of hydrogen-bond donors (Lipinski definition) is 1. The quantitative estimate of drug-likeness (QED) is 0.485. The van der Waals surface area contributed by atoms with Crippen LogP contribution in [0.15, 0.2) is 12.2 Å². The summed E-state index contributed by atoms with van der Waals surface area (Å²) < 4.78 is 72.8. The highest BCUT2D eigenvalue weighted by Crippen LogP contribution is 2.71. The summed E-state index contributed by atoms with van der Waals surface area (Å²) in [7, 11) is 1.05. The van der Waals surface area contributed by atoms with Crippen molar-refractivity contribution in [3.63, 3.8) is 0 Å². The summed E-state index contributed by atoms with van der Waals surface area (Å²) in [5, 5.41) is 9.30. The average Bonchev–Trinajstić information content (AvgIpc) is 3.21. The maximum Gasteiger partial charge on any atom is 0.420 e. The Morgan fingerprint density at radius 1 is 1.09 bits per heavy atom. The monoisotopic (exact) mass is 338 g/mol. The maximum atomic E-state index is 14.7. The van der Waals surface area contributed by atoms with Gasteiger partial charge in [0.2, 0.25) is 6.10 Å². The molecule has 7 heteroatoms. The lowest BCUT2D eigenvalue weighted by Gasteiger charge is -2.49. The standard InChI is InChI=1S/C16H19F5O2/c1-23-14(15(17,18)13(22)16(19,20)21)6-9-5-10(14)12-8-3-2-7(4-8)11(9)12/h2-3,7-13,22H,4-6H2,1H3. The second-order valence-corrected chi connectivity index (χ2v) is 7.57. The number of methoxy groups -OCH3 is 1. The second-order valence-electron chi connectivity index (χ2n) is 7.57. The summed E-state index contributed by atoms with van der Waals surface area (Å²) >= 11 is 0. The van der Waals surface area contributed by atoms with Gasteiger partial charge in [-0.05, 0) is 54.8 Å². The molecule has 4 bridgehead atoms. The number of halogens is 5. The van der Waals surface area contributed by atoms with Crippen molar-refractivity contribution in [1.29, 1.82) is 0 Å². The van der Waals surface area contributed by atoms with E-state index in [-0.39, 0.29) is 30.1 Å². The molecule has 0 aromatic carbocycles. The van der Waals surface area contributed by atoms with Crippen LogP contribution in [0.2, 0.25) is 0 Å². The first-order valence-corrected chi connectivity index (χ1v) is 7.99. The molecule has 8 unspecified atom stereocenters. The lowest BCUT2D eigenvalue weighted by Crippen LogP contribution is -2.64. The van der Waals surface area contributed by atoms with E-state index in [1.54, 1.807) is 0 Å². The van der Waals surface area contributed by atoms with E-state index in [0.717, 1.165) is 13.5 Å². The summed E-state index contributed by atoms with van der Waals surface area (Å²) in [5.41, 5.74) is -2.22. The normalized spacial score (nSPS) is 49.0. The van der Waals surface area contributed by atoms with E-state index in [4.69, 9.17) is 4.74 Å². The fraction of sp³-hybridized carbons (Fsp3) is 0.875. The minimum Gasteiger partial charge on any atom is -0.379 e. The van der Waals surface area contributed by atoms with E-state index < -0.39 is 29.7 Å². The van der Waals surface area contributed by atoms with Gasteiger partial charge in [-0.2, -0.15) is 13.2 Å². The van der Waals surface area contributed by atoms with Crippen molar-refractivity contribution in [2.45, 2.75) is 43.1 Å². The zero-order valence-corrected chi connectivity index (χ0v) is 12.6. The minimum atomic E-state index is -5.37. The molecule has 4 aliphatic carbocycles. The molecule has 130 valence electrons. The maximum absolute atomic E-state index is 14.7. The van der Waals surface area contributed by atoms with Gasteiger partial charge >= 0.3 is 12.1 Å². The van der Waals surface area contributed by atoms with Gasteiger partial charge in [-0.3, -0.25) is 0 Å². The summed E-state index contributed by atoms with van der Waals surface area (Å²) in [6.45, 7) is 0. The first-order chi connectivity index (χ1) is 10.6. The lowest BCUT2D eigenvalue weighted by atomic mass is 9.64. The van der Waals surface area contributed by atoms with Crippen LogP contribution in [-0.2, 0) is 4.74 Å². The largest absolute Gasteiger partial charge is 0.420 e. The zero-order valence-electron chi connectivity index (χ0n) is 12.6. The van der Waals surface area contributed by atoms with Crippen LogP contribution in [0.1, 0.15) is 19.3 Å². The molecule has 8 atom stereocenters. The third kappa shape index (κ3) is 1.75. The Hall–Kier alpha value is -0.690. The molecule has 23 heavy (non-hydrogen) atoms. The minimum absolute atomic E-state index is 0.0452. The summed E-state index contributed by atoms with van der Waals surface area (Å²) in [6, 6.07) is 0. The predicted molar refractivity (Wildman–Crippen MR) is 70.7 cm³/mol. The molecule has 0 aromatic heterocycles. The highest BCUT2D eigenvalue weighted by Gasteiger charge is 2.77. The topological polar surface area (TPSA) is 29.5 Å². The highest BCUT2D eigenvalue weighted by molar-refractivity contribution is 5.26. The van der Waals surface area contributed by atoms with Gasteiger partial charge < -0.3 is 9.84 Å². The smallest absolute Gasteiger partial charge is 0.379 e. The SMILES string of the molecule is COC1(C(F)(F)C(O)C(F)(F)F)CC2CC1C1C3C=CC(C3)C21. The summed E-state index contributed by atoms with van der Waals surface area (Å²) in [6.07, 6.45) is -3.64. The van der Waals surface area contributed by atoms with Gasteiger partial charge in [0, 0.05) is 7.11 Å². The van der Waals surface area contributed by atoms with Gasteiger partial charge in [0.05, 0.1) is 0 Å². The van der Waals surface area contributed by atoms with E-state index in [2.05, 4.69) is 6.08 Å². The number of ether oxygens (including phenoxy) is 1. The van der Waals surface area contributed by atoms with Crippen LogP contribution in [0.25, 0.3) is 0 Å². The summed E-state index contributed by atoms with van der Waals surface area (Å²) in [4.78, 5) is 0. The lowest BCUT2D eigenvalue weighted by molar-refractivity contribution is -0.330. The molecule has 4 aliphatic rings. The van der Waals surface area contributed by atoms with Gasteiger partial charge in [0.1, 0.15) is 5.60 Å². The third-order valence-corrected chi connectivity index (χ3v) is 6.90. The van der Waals surface area contributed by atoms with E-state index in [1.807, 2.05) is 6.08 Å². The van der Waals surface area contributed by atoms with Crippen LogP contribution >= 0.6 is 0 Å². The van der Waals surface area contributed by atoms with E-state index in [1.165, 1.54) is 0 Å². The third-order valence-electron chi connectivity index (χ3n) is 6.90. The molecule has 0 radical (unpaired) electrons.